The predicted octanol–water partition coefficient (Wildman–Crippen LogP) is 8.65. The molecule has 5 rings (SSSR count). The number of benzene rings is 3. The number of carbonyl (C=O) groups excluding carboxylic acids is 1. The van der Waals surface area contributed by atoms with E-state index in [1.807, 2.05) is 66.9 Å². The van der Waals surface area contributed by atoms with Crippen LogP contribution in [0.15, 0.2) is 89.9 Å². The maximum atomic E-state index is 13.0. The van der Waals surface area contributed by atoms with Gasteiger partial charge in [-0.2, -0.15) is 0 Å². The van der Waals surface area contributed by atoms with Crippen molar-refractivity contribution in [3.63, 3.8) is 0 Å². The summed E-state index contributed by atoms with van der Waals surface area (Å²) in [5.74, 6) is 2.60. The summed E-state index contributed by atoms with van der Waals surface area (Å²) in [5, 5.41) is 3.44. The van der Waals surface area contributed by atoms with Gasteiger partial charge in [-0.3, -0.25) is 9.79 Å². The topological polar surface area (TPSA) is 66.8 Å². The number of carbonyl (C=O) groups is 1. The summed E-state index contributed by atoms with van der Waals surface area (Å²) < 4.78 is 6.25. The summed E-state index contributed by atoms with van der Waals surface area (Å²) in [4.78, 5) is 25.1. The molecule has 0 amide bonds. The number of ketones is 1. The molecule has 1 aliphatic heterocycles. The Morgan fingerprint density at radius 3 is 2.37 bits per heavy atom. The normalized spacial score (nSPS) is 14.5. The lowest BCUT2D eigenvalue weighted by Crippen LogP contribution is -2.29. The quantitative estimate of drug-likeness (QED) is 0.168. The Hall–Kier alpha value is -4.29. The van der Waals surface area contributed by atoms with Crippen LogP contribution < -0.4 is 10.1 Å². The van der Waals surface area contributed by atoms with E-state index in [-0.39, 0.29) is 11.7 Å². The minimum Gasteiger partial charge on any atom is -0.457 e. The highest BCUT2D eigenvalue weighted by atomic mass is 16.5. The van der Waals surface area contributed by atoms with Crippen LogP contribution in [0.5, 0.6) is 11.5 Å². The van der Waals surface area contributed by atoms with Crippen LogP contribution in [0.4, 0.5) is 17.2 Å². The summed E-state index contributed by atoms with van der Waals surface area (Å²) >= 11 is 0. The molecule has 3 aromatic carbocycles. The molecule has 4 aromatic rings. The van der Waals surface area contributed by atoms with Crippen LogP contribution in [0.3, 0.4) is 0 Å². The Morgan fingerprint density at radius 2 is 1.68 bits per heavy atom. The number of nitrogens with one attached hydrogen (secondary N) is 1. The smallest absolute Gasteiger partial charge is 0.165 e. The van der Waals surface area contributed by atoms with Crippen molar-refractivity contribution in [2.75, 3.05) is 25.5 Å². The van der Waals surface area contributed by atoms with Crippen molar-refractivity contribution in [2.45, 2.75) is 39.5 Å². The number of hydrogen-bond donors (Lipinski definition) is 1. The minimum atomic E-state index is -0.0979. The number of anilines is 2. The van der Waals surface area contributed by atoms with Crippen molar-refractivity contribution < 1.29 is 9.53 Å². The van der Waals surface area contributed by atoms with Gasteiger partial charge in [0.15, 0.2) is 5.78 Å². The third kappa shape index (κ3) is 7.08. The molecule has 1 saturated heterocycles. The first kappa shape index (κ1) is 28.2. The summed E-state index contributed by atoms with van der Waals surface area (Å²) in [5.41, 5.74) is 4.76. The lowest BCUT2D eigenvalue weighted by Gasteiger charge is -2.29. The lowest BCUT2D eigenvalue weighted by molar-refractivity contribution is 0.101. The molecule has 210 valence electrons. The van der Waals surface area contributed by atoms with Gasteiger partial charge in [0.1, 0.15) is 17.3 Å². The second-order valence-corrected chi connectivity index (χ2v) is 11.1. The number of aliphatic imine (C=N–C) groups is 1. The van der Waals surface area contributed by atoms with Gasteiger partial charge in [0.2, 0.25) is 0 Å². The summed E-state index contributed by atoms with van der Waals surface area (Å²) in [6, 6.07) is 27.9. The molecule has 0 unspecified atom stereocenters. The zero-order valence-corrected chi connectivity index (χ0v) is 24.3. The zero-order valence-electron chi connectivity index (χ0n) is 24.3. The van der Waals surface area contributed by atoms with Crippen LogP contribution in [-0.4, -0.2) is 42.0 Å². The van der Waals surface area contributed by atoms with E-state index in [9.17, 15) is 4.79 Å². The largest absolute Gasteiger partial charge is 0.457 e. The molecule has 6 heteroatoms. The Bertz CT molecular complexity index is 1510. The second kappa shape index (κ2) is 12.9. The van der Waals surface area contributed by atoms with Gasteiger partial charge in [0.05, 0.1) is 16.9 Å². The van der Waals surface area contributed by atoms with Gasteiger partial charge >= 0.3 is 0 Å². The number of hydrogen-bond acceptors (Lipinski definition) is 6. The van der Waals surface area contributed by atoms with E-state index in [2.05, 4.69) is 55.4 Å². The lowest BCUT2D eigenvalue weighted by atomic mass is 9.89. The Balaban J connectivity index is 1.54. The number of nitrogens with zero attached hydrogens (tertiary/aromatic N) is 3. The van der Waals surface area contributed by atoms with Crippen LogP contribution in [0.25, 0.3) is 11.3 Å². The highest BCUT2D eigenvalue weighted by Gasteiger charge is 2.21. The van der Waals surface area contributed by atoms with Crippen molar-refractivity contribution in [3.05, 3.63) is 96.1 Å². The average molecular weight is 547 g/mol. The van der Waals surface area contributed by atoms with Crippen molar-refractivity contribution in [3.8, 4) is 22.8 Å². The van der Waals surface area contributed by atoms with E-state index in [1.165, 1.54) is 18.4 Å². The third-order valence-corrected chi connectivity index (χ3v) is 7.36. The number of ether oxygens (including phenoxy) is 1. The van der Waals surface area contributed by atoms with Gasteiger partial charge in [-0.1, -0.05) is 56.3 Å². The van der Waals surface area contributed by atoms with Gasteiger partial charge in [0, 0.05) is 17.5 Å². The molecule has 1 N–H and O–H groups in total. The fourth-order valence-electron chi connectivity index (χ4n) is 5.14. The van der Waals surface area contributed by atoms with E-state index < -0.39 is 0 Å². The van der Waals surface area contributed by atoms with E-state index in [4.69, 9.17) is 14.7 Å². The molecule has 1 fully saturated rings. The number of para-hydroxylation sites is 2. The number of pyridine rings is 1. The van der Waals surface area contributed by atoms with E-state index in [0.29, 0.717) is 34.4 Å². The molecule has 6 nitrogen and oxygen atoms in total. The van der Waals surface area contributed by atoms with Crippen molar-refractivity contribution in [1.82, 2.24) is 9.88 Å². The van der Waals surface area contributed by atoms with Crippen molar-refractivity contribution in [2.24, 2.45) is 10.9 Å². The van der Waals surface area contributed by atoms with Gasteiger partial charge in [-0.05, 0) is 99.8 Å². The zero-order chi connectivity index (χ0) is 28.8. The molecule has 1 aromatic heterocycles. The predicted molar refractivity (Wildman–Crippen MR) is 168 cm³/mol. The van der Waals surface area contributed by atoms with Crippen LogP contribution in [-0.2, 0) is 0 Å². The molecule has 0 aliphatic carbocycles. The monoisotopic (exact) mass is 546 g/mol. The summed E-state index contributed by atoms with van der Waals surface area (Å²) in [6.07, 6.45) is 4.20. The molecule has 1 aliphatic rings. The number of Topliss-reactive ketones (excluding diaryl/α,β-unsaturated/α-hetero) is 1. The second-order valence-electron chi connectivity index (χ2n) is 11.1. The SMILES string of the molecule is CC(=O)c1c(N=CC(C)C)cc(-c2ccccc2Oc2ccccc2)nc1Nc1ccc(C2CCN(C)CC2)cc1. The Morgan fingerprint density at radius 1 is 1.00 bits per heavy atom. The number of rotatable bonds is 9. The number of piperidine rings is 1. The molecule has 2 heterocycles. The molecule has 0 atom stereocenters. The average Bonchev–Trinajstić information content (AvgIpc) is 2.97. The minimum absolute atomic E-state index is 0.0979. The van der Waals surface area contributed by atoms with E-state index in [0.717, 1.165) is 30.1 Å². The van der Waals surface area contributed by atoms with E-state index in [1.54, 1.807) is 6.92 Å². The van der Waals surface area contributed by atoms with Crippen molar-refractivity contribution in [1.29, 1.82) is 0 Å². The van der Waals surface area contributed by atoms with E-state index >= 15 is 0 Å². The molecule has 0 radical (unpaired) electrons. The standard InChI is InChI=1S/C35H38N4O2/c1-24(2)23-36-32-22-31(30-12-8-9-13-33(30)41-29-10-6-5-7-11-29)38-35(34(32)25(3)40)37-28-16-14-26(15-17-28)27-18-20-39(4)21-19-27/h5-17,22-24,27H,18-21H2,1-4H3,(H,37,38). The molecule has 0 saturated carbocycles. The highest BCUT2D eigenvalue weighted by molar-refractivity contribution is 6.05. The van der Waals surface area contributed by atoms with Crippen molar-refractivity contribution >= 4 is 29.2 Å². The van der Waals surface area contributed by atoms with Crippen LogP contribution in [0, 0.1) is 5.92 Å². The third-order valence-electron chi connectivity index (χ3n) is 7.36. The number of aromatic nitrogens is 1. The fraction of sp³-hybridized carbons (Fsp3) is 0.286. The van der Waals surface area contributed by atoms with Gasteiger partial charge < -0.3 is 15.0 Å². The Labute approximate surface area is 243 Å². The molecule has 0 spiro atoms. The number of likely N-dealkylation sites (tertiary alicyclic amines) is 1. The molecule has 41 heavy (non-hydrogen) atoms. The first-order valence-electron chi connectivity index (χ1n) is 14.4. The molecule has 0 bridgehead atoms. The van der Waals surface area contributed by atoms with Gasteiger partial charge in [0.25, 0.3) is 0 Å². The maximum absolute atomic E-state index is 13.0. The van der Waals surface area contributed by atoms with Gasteiger partial charge in [-0.25, -0.2) is 4.98 Å². The van der Waals surface area contributed by atoms with Crippen LogP contribution in [0.1, 0.15) is 55.5 Å². The molecular weight excluding hydrogens is 508 g/mol. The summed E-state index contributed by atoms with van der Waals surface area (Å²) in [7, 11) is 2.18. The fourth-order valence-corrected chi connectivity index (χ4v) is 5.14. The van der Waals surface area contributed by atoms with Crippen LogP contribution >= 0.6 is 0 Å². The Kier molecular flexibility index (Phi) is 8.90. The maximum Gasteiger partial charge on any atom is 0.165 e. The van der Waals surface area contributed by atoms with Gasteiger partial charge in [-0.15, -0.1) is 0 Å². The molecular formula is C35H38N4O2. The summed E-state index contributed by atoms with van der Waals surface area (Å²) in [6.45, 7) is 7.93. The van der Waals surface area contributed by atoms with Crippen LogP contribution in [0.2, 0.25) is 0 Å². The highest BCUT2D eigenvalue weighted by Crippen LogP contribution is 2.38. The first-order chi connectivity index (χ1) is 19.9. The first-order valence-corrected chi connectivity index (χ1v) is 14.4.